The standard InChI is InChI=1S/C24H19ClN2O4/c25-18-12-10-17(11-13-18)22-14-20(31-27-22)15-30-23-9-5-4-8-21(23)26-24(28)16-29-19-6-2-1-3-7-19/h1-14H,15-16H2,(H,26,28). The Hall–Kier alpha value is -3.77. The molecule has 0 unspecified atom stereocenters. The minimum Gasteiger partial charge on any atom is -0.484 e. The van der Waals surface area contributed by atoms with Crippen LogP contribution >= 0.6 is 11.6 Å². The molecule has 0 atom stereocenters. The fraction of sp³-hybridized carbons (Fsp3) is 0.0833. The fourth-order valence-corrected chi connectivity index (χ4v) is 2.96. The topological polar surface area (TPSA) is 73.6 Å². The zero-order valence-electron chi connectivity index (χ0n) is 16.5. The number of hydrogen-bond acceptors (Lipinski definition) is 5. The number of nitrogens with one attached hydrogen (secondary N) is 1. The summed E-state index contributed by atoms with van der Waals surface area (Å²) in [4.78, 5) is 12.3. The predicted octanol–water partition coefficient (Wildman–Crippen LogP) is 5.59. The highest BCUT2D eigenvalue weighted by atomic mass is 35.5. The minimum atomic E-state index is -0.287. The molecule has 1 amide bonds. The Kier molecular flexibility index (Phi) is 6.50. The van der Waals surface area contributed by atoms with Gasteiger partial charge in [0, 0.05) is 16.7 Å². The van der Waals surface area contributed by atoms with Crippen LogP contribution in [-0.4, -0.2) is 17.7 Å². The predicted molar refractivity (Wildman–Crippen MR) is 118 cm³/mol. The van der Waals surface area contributed by atoms with Gasteiger partial charge >= 0.3 is 0 Å². The van der Waals surface area contributed by atoms with Crippen LogP contribution < -0.4 is 14.8 Å². The van der Waals surface area contributed by atoms with Gasteiger partial charge in [-0.2, -0.15) is 0 Å². The summed E-state index contributed by atoms with van der Waals surface area (Å²) in [5.41, 5.74) is 2.13. The van der Waals surface area contributed by atoms with Crippen molar-refractivity contribution in [2.24, 2.45) is 0 Å². The summed E-state index contributed by atoms with van der Waals surface area (Å²) in [6.45, 7) is 0.0545. The van der Waals surface area contributed by atoms with Crippen LogP contribution in [0.15, 0.2) is 89.5 Å². The smallest absolute Gasteiger partial charge is 0.262 e. The van der Waals surface area contributed by atoms with E-state index < -0.39 is 0 Å². The van der Waals surface area contributed by atoms with E-state index in [-0.39, 0.29) is 19.1 Å². The van der Waals surface area contributed by atoms with Gasteiger partial charge in [-0.05, 0) is 36.4 Å². The largest absolute Gasteiger partial charge is 0.484 e. The highest BCUT2D eigenvalue weighted by Gasteiger charge is 2.11. The molecule has 4 aromatic rings. The normalized spacial score (nSPS) is 10.5. The van der Waals surface area contributed by atoms with E-state index in [0.29, 0.717) is 33.7 Å². The third kappa shape index (κ3) is 5.65. The molecular weight excluding hydrogens is 416 g/mol. The molecular formula is C24H19ClN2O4. The van der Waals surface area contributed by atoms with Gasteiger partial charge in [0.25, 0.3) is 5.91 Å². The number of nitrogens with zero attached hydrogens (tertiary/aromatic N) is 1. The lowest BCUT2D eigenvalue weighted by Crippen LogP contribution is -2.20. The maximum atomic E-state index is 12.3. The van der Waals surface area contributed by atoms with Crippen molar-refractivity contribution in [1.29, 1.82) is 0 Å². The first-order chi connectivity index (χ1) is 15.2. The molecule has 0 aliphatic heterocycles. The van der Waals surface area contributed by atoms with Crippen molar-refractivity contribution in [2.75, 3.05) is 11.9 Å². The SMILES string of the molecule is O=C(COc1ccccc1)Nc1ccccc1OCc1cc(-c2ccc(Cl)cc2)no1. The molecule has 0 bridgehead atoms. The average Bonchev–Trinajstić information content (AvgIpc) is 3.27. The van der Waals surface area contributed by atoms with Crippen LogP contribution in [0.5, 0.6) is 11.5 Å². The number of rotatable bonds is 8. The van der Waals surface area contributed by atoms with E-state index in [1.54, 1.807) is 42.5 Å². The lowest BCUT2D eigenvalue weighted by atomic mass is 10.1. The number of carbonyl (C=O) groups excluding carboxylic acids is 1. The van der Waals surface area contributed by atoms with Crippen LogP contribution in [0.4, 0.5) is 5.69 Å². The van der Waals surface area contributed by atoms with E-state index in [1.807, 2.05) is 42.5 Å². The summed E-state index contributed by atoms with van der Waals surface area (Å²) in [5.74, 6) is 1.41. The molecule has 3 aromatic carbocycles. The van der Waals surface area contributed by atoms with E-state index in [9.17, 15) is 4.79 Å². The number of hydrogen-bond donors (Lipinski definition) is 1. The first kappa shape index (κ1) is 20.5. The molecule has 156 valence electrons. The molecule has 31 heavy (non-hydrogen) atoms. The molecule has 0 spiro atoms. The molecule has 0 radical (unpaired) electrons. The zero-order valence-corrected chi connectivity index (χ0v) is 17.2. The van der Waals surface area contributed by atoms with Gasteiger partial charge in [0.1, 0.15) is 23.8 Å². The molecule has 0 saturated heterocycles. The number of ether oxygens (including phenoxy) is 2. The third-order valence-electron chi connectivity index (χ3n) is 4.34. The Labute approximate surface area is 184 Å². The maximum absolute atomic E-state index is 12.3. The molecule has 1 heterocycles. The first-order valence-corrected chi connectivity index (χ1v) is 9.96. The van der Waals surface area contributed by atoms with E-state index in [4.69, 9.17) is 25.6 Å². The summed E-state index contributed by atoms with van der Waals surface area (Å²) in [6.07, 6.45) is 0. The number of para-hydroxylation sites is 3. The first-order valence-electron chi connectivity index (χ1n) is 9.58. The quantitative estimate of drug-likeness (QED) is 0.391. The highest BCUT2D eigenvalue weighted by Crippen LogP contribution is 2.26. The van der Waals surface area contributed by atoms with Gasteiger partial charge in [0.05, 0.1) is 5.69 Å². The summed E-state index contributed by atoms with van der Waals surface area (Å²) in [5, 5.41) is 7.53. The second kappa shape index (κ2) is 9.82. The van der Waals surface area contributed by atoms with Gasteiger partial charge in [-0.1, -0.05) is 59.2 Å². The second-order valence-electron chi connectivity index (χ2n) is 6.62. The lowest BCUT2D eigenvalue weighted by molar-refractivity contribution is -0.118. The Morgan fingerprint density at radius 3 is 2.48 bits per heavy atom. The Bertz CT molecular complexity index is 1140. The van der Waals surface area contributed by atoms with Crippen molar-refractivity contribution in [2.45, 2.75) is 6.61 Å². The van der Waals surface area contributed by atoms with Crippen molar-refractivity contribution in [3.05, 3.63) is 95.7 Å². The average molecular weight is 435 g/mol. The summed E-state index contributed by atoms with van der Waals surface area (Å²) in [7, 11) is 0. The van der Waals surface area contributed by atoms with Crippen LogP contribution in [-0.2, 0) is 11.4 Å². The summed E-state index contributed by atoms with van der Waals surface area (Å²) >= 11 is 5.92. The monoisotopic (exact) mass is 434 g/mol. The number of aromatic nitrogens is 1. The van der Waals surface area contributed by atoms with Crippen LogP contribution in [0, 0.1) is 0 Å². The van der Waals surface area contributed by atoms with Crippen molar-refractivity contribution in [1.82, 2.24) is 5.16 Å². The number of halogens is 1. The summed E-state index contributed by atoms with van der Waals surface area (Å²) < 4.78 is 16.7. The molecule has 0 saturated carbocycles. The van der Waals surface area contributed by atoms with E-state index in [0.717, 1.165) is 5.56 Å². The molecule has 1 N–H and O–H groups in total. The maximum Gasteiger partial charge on any atom is 0.262 e. The molecule has 1 aromatic heterocycles. The summed E-state index contributed by atoms with van der Waals surface area (Å²) in [6, 6.07) is 25.4. The van der Waals surface area contributed by atoms with Gasteiger partial charge in [-0.15, -0.1) is 0 Å². The van der Waals surface area contributed by atoms with Gasteiger partial charge in [0.15, 0.2) is 12.4 Å². The lowest BCUT2D eigenvalue weighted by Gasteiger charge is -2.12. The number of benzene rings is 3. The second-order valence-corrected chi connectivity index (χ2v) is 7.06. The van der Waals surface area contributed by atoms with Crippen molar-refractivity contribution in [3.63, 3.8) is 0 Å². The van der Waals surface area contributed by atoms with Gasteiger partial charge < -0.3 is 19.3 Å². The number of anilines is 1. The van der Waals surface area contributed by atoms with E-state index in [1.165, 1.54) is 0 Å². The zero-order chi connectivity index (χ0) is 21.5. The molecule has 6 nitrogen and oxygen atoms in total. The molecule has 4 rings (SSSR count). The molecule has 0 fully saturated rings. The third-order valence-corrected chi connectivity index (χ3v) is 4.60. The van der Waals surface area contributed by atoms with Crippen molar-refractivity contribution >= 4 is 23.2 Å². The van der Waals surface area contributed by atoms with Crippen LogP contribution in [0.25, 0.3) is 11.3 Å². The van der Waals surface area contributed by atoms with Gasteiger partial charge in [-0.25, -0.2) is 0 Å². The fourth-order valence-electron chi connectivity index (χ4n) is 2.83. The highest BCUT2D eigenvalue weighted by molar-refractivity contribution is 6.30. The van der Waals surface area contributed by atoms with Gasteiger partial charge in [-0.3, -0.25) is 4.79 Å². The Morgan fingerprint density at radius 1 is 0.935 bits per heavy atom. The Morgan fingerprint density at radius 2 is 1.68 bits per heavy atom. The van der Waals surface area contributed by atoms with Crippen molar-refractivity contribution < 1.29 is 18.8 Å². The molecule has 7 heteroatoms. The van der Waals surface area contributed by atoms with Crippen molar-refractivity contribution in [3.8, 4) is 22.8 Å². The Balaban J connectivity index is 1.35. The van der Waals surface area contributed by atoms with Gasteiger partial charge in [0.2, 0.25) is 0 Å². The van der Waals surface area contributed by atoms with Crippen LogP contribution in [0.2, 0.25) is 5.02 Å². The molecule has 0 aliphatic rings. The van der Waals surface area contributed by atoms with E-state index in [2.05, 4.69) is 10.5 Å². The number of amides is 1. The number of carbonyl (C=O) groups is 1. The van der Waals surface area contributed by atoms with E-state index >= 15 is 0 Å². The van der Waals surface area contributed by atoms with Crippen LogP contribution in [0.3, 0.4) is 0 Å². The van der Waals surface area contributed by atoms with Crippen LogP contribution in [0.1, 0.15) is 5.76 Å². The molecule has 0 aliphatic carbocycles. The minimum absolute atomic E-state index is 0.106.